The molecule has 0 nitrogen and oxygen atoms in total. The third-order valence-electron chi connectivity index (χ3n) is 7.48. The van der Waals surface area contributed by atoms with Gasteiger partial charge in [0.2, 0.25) is 0 Å². The summed E-state index contributed by atoms with van der Waals surface area (Å²) in [6.07, 6.45) is 18.1. The topological polar surface area (TPSA) is 0 Å². The van der Waals surface area contributed by atoms with Gasteiger partial charge in [0.05, 0.1) is 0 Å². The molecule has 2 aliphatic carbocycles. The fourth-order valence-corrected chi connectivity index (χ4v) is 4.45. The SMILES string of the molecule is C=C(CC1CCCC(C)CC1)C1CCCC(C)C1C.CC.CC.CC(C)C.CCC.CCC(C)C.CCCC. The van der Waals surface area contributed by atoms with Crippen molar-refractivity contribution in [3.8, 4) is 0 Å². The van der Waals surface area contributed by atoms with Gasteiger partial charge in [0.1, 0.15) is 0 Å². The summed E-state index contributed by atoms with van der Waals surface area (Å²) >= 11 is 0. The number of allylic oxidation sites excluding steroid dienone is 1. The van der Waals surface area contributed by atoms with Gasteiger partial charge in [-0.1, -0.05) is 194 Å². The Kier molecular flexibility index (Phi) is 46.9. The van der Waals surface area contributed by atoms with Crippen molar-refractivity contribution in [2.75, 3.05) is 0 Å². The van der Waals surface area contributed by atoms with Crippen molar-refractivity contribution in [2.45, 2.75) is 201 Å². The highest BCUT2D eigenvalue weighted by atomic mass is 14.3. The fourth-order valence-electron chi connectivity index (χ4n) is 4.45. The maximum Gasteiger partial charge on any atom is -0.0178 e. The molecule has 2 aliphatic rings. The molecule has 0 bridgehead atoms. The van der Waals surface area contributed by atoms with E-state index in [1.807, 2.05) is 27.7 Å². The first-order valence-electron chi connectivity index (χ1n) is 18.1. The molecule has 242 valence electrons. The second kappa shape index (κ2) is 37.7. The average molecular weight is 555 g/mol. The van der Waals surface area contributed by atoms with Crippen molar-refractivity contribution in [3.63, 3.8) is 0 Å². The zero-order valence-electron chi connectivity index (χ0n) is 31.4. The highest BCUT2D eigenvalue weighted by molar-refractivity contribution is 5.05. The number of unbranched alkanes of at least 4 members (excludes halogenated alkanes) is 1. The summed E-state index contributed by atoms with van der Waals surface area (Å²) in [4.78, 5) is 0. The minimum Gasteiger partial charge on any atom is -0.0996 e. The van der Waals surface area contributed by atoms with Crippen LogP contribution in [0, 0.1) is 41.4 Å². The molecule has 2 saturated carbocycles. The average Bonchev–Trinajstić information content (AvgIpc) is 3.12. The highest BCUT2D eigenvalue weighted by Crippen LogP contribution is 2.41. The second-order valence-corrected chi connectivity index (χ2v) is 13.0. The zero-order chi connectivity index (χ0) is 31.8. The monoisotopic (exact) mass is 555 g/mol. The smallest absolute Gasteiger partial charge is 0.0178 e. The van der Waals surface area contributed by atoms with Crippen LogP contribution in [0.2, 0.25) is 0 Å². The molecule has 5 unspecified atom stereocenters. The van der Waals surface area contributed by atoms with Gasteiger partial charge in [-0.25, -0.2) is 0 Å². The lowest BCUT2D eigenvalue weighted by atomic mass is 9.69. The molecule has 0 spiro atoms. The van der Waals surface area contributed by atoms with E-state index < -0.39 is 0 Å². The van der Waals surface area contributed by atoms with E-state index in [2.05, 4.69) is 96.6 Å². The molecule has 0 aromatic rings. The summed E-state index contributed by atoms with van der Waals surface area (Å²) in [6.45, 7) is 41.6. The standard InChI is InChI=1S/C19H34.C5H12.2C4H10.C3H8.2C2H6/c1-14-7-5-9-18(12-11-14)13-16(3)19-10-6-8-15(2)17(19)4;1-4-5(2)3;1-4(2)3;1-3-4-2;1-3-2;2*1-2/h14-15,17-19H,3,5-13H2,1-2,4H3;5H,4H2,1-3H3;4H,1-3H3;3-4H2,1-2H3;3H2,1-2H3;2*1-2H3. The Bertz CT molecular complexity index is 413. The van der Waals surface area contributed by atoms with Crippen LogP contribution < -0.4 is 0 Å². The van der Waals surface area contributed by atoms with Gasteiger partial charge in [-0.15, -0.1) is 0 Å². The van der Waals surface area contributed by atoms with Crippen molar-refractivity contribution in [1.29, 1.82) is 0 Å². The summed E-state index contributed by atoms with van der Waals surface area (Å²) in [7, 11) is 0. The van der Waals surface area contributed by atoms with Gasteiger partial charge >= 0.3 is 0 Å². The molecule has 5 atom stereocenters. The first-order valence-corrected chi connectivity index (χ1v) is 18.1. The van der Waals surface area contributed by atoms with Crippen LogP contribution in [0.5, 0.6) is 0 Å². The predicted octanol–water partition coefficient (Wildman–Crippen LogP) is 15.2. The van der Waals surface area contributed by atoms with Gasteiger partial charge < -0.3 is 0 Å². The van der Waals surface area contributed by atoms with Gasteiger partial charge in [0.25, 0.3) is 0 Å². The van der Waals surface area contributed by atoms with Crippen molar-refractivity contribution in [1.82, 2.24) is 0 Å². The molecule has 39 heavy (non-hydrogen) atoms. The molecule has 0 saturated heterocycles. The summed E-state index contributed by atoms with van der Waals surface area (Å²) in [5.74, 6) is 6.23. The van der Waals surface area contributed by atoms with Gasteiger partial charge in [-0.3, -0.25) is 0 Å². The van der Waals surface area contributed by atoms with Gasteiger partial charge in [0, 0.05) is 0 Å². The zero-order valence-corrected chi connectivity index (χ0v) is 31.4. The highest BCUT2D eigenvalue weighted by Gasteiger charge is 2.29. The van der Waals surface area contributed by atoms with E-state index >= 15 is 0 Å². The Morgan fingerprint density at radius 1 is 0.667 bits per heavy atom. The minimum atomic E-state index is 0.824. The predicted molar refractivity (Wildman–Crippen MR) is 190 cm³/mol. The lowest BCUT2D eigenvalue weighted by molar-refractivity contribution is 0.202. The third-order valence-corrected chi connectivity index (χ3v) is 7.48. The van der Waals surface area contributed by atoms with E-state index in [9.17, 15) is 0 Å². The van der Waals surface area contributed by atoms with Crippen molar-refractivity contribution < 1.29 is 0 Å². The molecule has 0 radical (unpaired) electrons. The molecular formula is C39H86. The molecule has 2 rings (SSSR count). The molecule has 0 aliphatic heterocycles. The fraction of sp³-hybridized carbons (Fsp3) is 0.949. The van der Waals surface area contributed by atoms with Gasteiger partial charge in [0.15, 0.2) is 0 Å². The Balaban J connectivity index is -0.000000159. The maximum atomic E-state index is 4.51. The summed E-state index contributed by atoms with van der Waals surface area (Å²) in [6, 6.07) is 0. The van der Waals surface area contributed by atoms with Crippen LogP contribution in [-0.2, 0) is 0 Å². The van der Waals surface area contributed by atoms with Crippen LogP contribution in [0.4, 0.5) is 0 Å². The molecule has 0 aromatic carbocycles. The molecule has 0 N–H and O–H groups in total. The summed E-state index contributed by atoms with van der Waals surface area (Å²) in [5.41, 5.74) is 1.60. The van der Waals surface area contributed by atoms with Crippen LogP contribution in [0.15, 0.2) is 12.2 Å². The maximum absolute atomic E-state index is 4.51. The molecular weight excluding hydrogens is 468 g/mol. The molecule has 0 aromatic heterocycles. The van der Waals surface area contributed by atoms with E-state index in [1.165, 1.54) is 83.5 Å². The van der Waals surface area contributed by atoms with E-state index in [1.54, 1.807) is 5.57 Å². The molecule has 2 fully saturated rings. The normalized spacial score (nSPS) is 23.5. The van der Waals surface area contributed by atoms with Crippen molar-refractivity contribution in [3.05, 3.63) is 12.2 Å². The van der Waals surface area contributed by atoms with E-state index in [0.29, 0.717) is 0 Å². The van der Waals surface area contributed by atoms with E-state index in [4.69, 9.17) is 0 Å². The minimum absolute atomic E-state index is 0.824. The number of hydrogen-bond donors (Lipinski definition) is 0. The Hall–Kier alpha value is -0.260. The number of rotatable bonds is 5. The van der Waals surface area contributed by atoms with Crippen LogP contribution in [0.1, 0.15) is 201 Å². The first kappa shape index (κ1) is 48.5. The first-order chi connectivity index (χ1) is 18.4. The summed E-state index contributed by atoms with van der Waals surface area (Å²) < 4.78 is 0. The van der Waals surface area contributed by atoms with Crippen LogP contribution in [-0.4, -0.2) is 0 Å². The van der Waals surface area contributed by atoms with Crippen LogP contribution in [0.25, 0.3) is 0 Å². The second-order valence-electron chi connectivity index (χ2n) is 13.0. The molecule has 0 amide bonds. The van der Waals surface area contributed by atoms with Gasteiger partial charge in [-0.2, -0.15) is 0 Å². The third kappa shape index (κ3) is 37.7. The van der Waals surface area contributed by atoms with Crippen molar-refractivity contribution in [2.24, 2.45) is 41.4 Å². The lowest BCUT2D eigenvalue weighted by Gasteiger charge is -2.36. The summed E-state index contributed by atoms with van der Waals surface area (Å²) in [5, 5.41) is 0. The van der Waals surface area contributed by atoms with Gasteiger partial charge in [-0.05, 0) is 60.7 Å². The Morgan fingerprint density at radius 2 is 1.08 bits per heavy atom. The largest absolute Gasteiger partial charge is 0.0996 e. The number of hydrogen-bond acceptors (Lipinski definition) is 0. The molecule has 0 heterocycles. The van der Waals surface area contributed by atoms with Crippen LogP contribution in [0.3, 0.4) is 0 Å². The van der Waals surface area contributed by atoms with E-state index in [-0.39, 0.29) is 0 Å². The van der Waals surface area contributed by atoms with E-state index in [0.717, 1.165) is 41.4 Å². The Morgan fingerprint density at radius 3 is 1.46 bits per heavy atom. The Labute approximate surface area is 254 Å². The van der Waals surface area contributed by atoms with Crippen LogP contribution >= 0.6 is 0 Å². The molecule has 0 heteroatoms. The quantitative estimate of drug-likeness (QED) is 0.234. The lowest BCUT2D eigenvalue weighted by Crippen LogP contribution is -2.26. The van der Waals surface area contributed by atoms with Crippen molar-refractivity contribution >= 4 is 0 Å².